The standard InChI is InChI=1S/C54H37N3S/c55-47(33-49(36-18-5-2-6-19-36)56-34-35-16-3-1-4-17-35)37-20-15-21-38(32-37)52-42-30-31-46-53(51(42)41-24-9-13-28-48(41)57-52)58-50-29-14-12-27-45(50)54(46)43-25-10-7-22-39(43)40-23-8-11-26-44(40)54/h1-33H,34,55H2/b47-33-,56-49?. The lowest BCUT2D eigenvalue weighted by atomic mass is 9.67. The summed E-state index contributed by atoms with van der Waals surface area (Å²) in [7, 11) is 0. The van der Waals surface area contributed by atoms with Crippen LogP contribution in [0.25, 0.3) is 49.8 Å². The maximum Gasteiger partial charge on any atom is 0.0788 e. The lowest BCUT2D eigenvalue weighted by Crippen LogP contribution is -2.32. The van der Waals surface area contributed by atoms with E-state index in [1.54, 1.807) is 0 Å². The Kier molecular flexibility index (Phi) is 8.19. The van der Waals surface area contributed by atoms with Gasteiger partial charge in [0, 0.05) is 37.2 Å². The average molecular weight is 760 g/mol. The summed E-state index contributed by atoms with van der Waals surface area (Å²) in [5, 5.41) is 3.50. The Morgan fingerprint density at radius 1 is 0.569 bits per heavy atom. The van der Waals surface area contributed by atoms with Gasteiger partial charge in [-0.3, -0.25) is 4.99 Å². The van der Waals surface area contributed by atoms with E-state index in [2.05, 4.69) is 158 Å². The highest BCUT2D eigenvalue weighted by Crippen LogP contribution is 2.63. The van der Waals surface area contributed by atoms with Crippen molar-refractivity contribution < 1.29 is 0 Å². The maximum absolute atomic E-state index is 6.99. The van der Waals surface area contributed by atoms with Gasteiger partial charge in [0.2, 0.25) is 0 Å². The van der Waals surface area contributed by atoms with E-state index in [1.807, 2.05) is 54.2 Å². The Balaban J connectivity index is 1.11. The number of rotatable bonds is 6. The van der Waals surface area contributed by atoms with Crippen LogP contribution in [0.5, 0.6) is 0 Å². The fourth-order valence-corrected chi connectivity index (χ4v) is 10.6. The topological polar surface area (TPSA) is 51.3 Å². The first kappa shape index (κ1) is 34.3. The van der Waals surface area contributed by atoms with Gasteiger partial charge in [-0.1, -0.05) is 188 Å². The molecule has 0 unspecified atom stereocenters. The molecule has 1 aliphatic carbocycles. The molecule has 2 N–H and O–H groups in total. The molecule has 9 aromatic rings. The molecule has 1 aliphatic heterocycles. The predicted octanol–water partition coefficient (Wildman–Crippen LogP) is 12.9. The number of pyridine rings is 1. The average Bonchev–Trinajstić information content (AvgIpc) is 3.58. The van der Waals surface area contributed by atoms with Gasteiger partial charge in [-0.15, -0.1) is 0 Å². The fraction of sp³-hybridized carbons (Fsp3) is 0.0370. The lowest BCUT2D eigenvalue weighted by molar-refractivity contribution is 0.726. The van der Waals surface area contributed by atoms with Crippen LogP contribution in [-0.4, -0.2) is 10.7 Å². The Labute approximate surface area is 342 Å². The molecule has 0 fully saturated rings. The number of aliphatic imine (C=N–C) groups is 1. The summed E-state index contributed by atoms with van der Waals surface area (Å²) in [5.41, 5.74) is 21.9. The molecular weight excluding hydrogens is 723 g/mol. The molecule has 8 aromatic carbocycles. The Morgan fingerprint density at radius 2 is 1.21 bits per heavy atom. The minimum atomic E-state index is -0.458. The second-order valence-corrected chi connectivity index (χ2v) is 16.1. The summed E-state index contributed by atoms with van der Waals surface area (Å²) in [6.45, 7) is 0.563. The SMILES string of the molecule is N/C(=C\C(=NCc1ccccc1)c1ccccc1)c1cccc(-c2nc3ccccc3c3c4c(ccc23)C2(c3ccccc3S4)c3ccccc3-c3ccccc32)c1. The van der Waals surface area contributed by atoms with Crippen LogP contribution in [0.2, 0.25) is 0 Å². The van der Waals surface area contributed by atoms with Crippen molar-refractivity contribution in [3.63, 3.8) is 0 Å². The van der Waals surface area contributed by atoms with Gasteiger partial charge in [0.05, 0.1) is 28.9 Å². The van der Waals surface area contributed by atoms with Crippen molar-refractivity contribution >= 4 is 44.8 Å². The molecule has 0 saturated carbocycles. The normalized spacial score (nSPS) is 13.9. The van der Waals surface area contributed by atoms with E-state index in [-0.39, 0.29) is 0 Å². The molecular formula is C54H37N3S. The molecule has 0 bridgehead atoms. The van der Waals surface area contributed by atoms with Crippen LogP contribution >= 0.6 is 11.8 Å². The van der Waals surface area contributed by atoms with Gasteiger partial charge in [0.15, 0.2) is 0 Å². The molecule has 274 valence electrons. The third kappa shape index (κ3) is 5.37. The second-order valence-electron chi connectivity index (χ2n) is 15.0. The molecule has 2 aliphatic rings. The minimum absolute atomic E-state index is 0.458. The number of allylic oxidation sites excluding steroid dienone is 1. The molecule has 1 spiro atoms. The van der Waals surface area contributed by atoms with E-state index < -0.39 is 5.41 Å². The molecule has 58 heavy (non-hydrogen) atoms. The number of hydrogen-bond donors (Lipinski definition) is 1. The highest BCUT2D eigenvalue weighted by atomic mass is 32.2. The molecule has 0 atom stereocenters. The summed E-state index contributed by atoms with van der Waals surface area (Å²) < 4.78 is 0. The van der Waals surface area contributed by atoms with E-state index in [1.165, 1.54) is 48.6 Å². The number of hydrogen-bond acceptors (Lipinski definition) is 4. The highest BCUT2D eigenvalue weighted by Gasteiger charge is 2.50. The van der Waals surface area contributed by atoms with E-state index >= 15 is 0 Å². The second kappa shape index (κ2) is 13.9. The number of para-hydroxylation sites is 1. The molecule has 0 radical (unpaired) electrons. The molecule has 4 heteroatoms. The number of nitrogens with zero attached hydrogens (tertiary/aromatic N) is 2. The lowest BCUT2D eigenvalue weighted by Gasteiger charge is -2.40. The number of benzene rings is 8. The third-order valence-corrected chi connectivity index (χ3v) is 13.0. The van der Waals surface area contributed by atoms with Gasteiger partial charge in [-0.2, -0.15) is 0 Å². The van der Waals surface area contributed by atoms with Crippen LogP contribution in [0.3, 0.4) is 0 Å². The van der Waals surface area contributed by atoms with Crippen molar-refractivity contribution in [1.82, 2.24) is 4.98 Å². The summed E-state index contributed by atoms with van der Waals surface area (Å²) >= 11 is 1.89. The number of nitrogens with two attached hydrogens (primary N) is 1. The van der Waals surface area contributed by atoms with Crippen molar-refractivity contribution in [3.05, 3.63) is 239 Å². The largest absolute Gasteiger partial charge is 0.398 e. The van der Waals surface area contributed by atoms with Crippen LogP contribution < -0.4 is 5.73 Å². The zero-order valence-corrected chi connectivity index (χ0v) is 32.5. The van der Waals surface area contributed by atoms with Crippen molar-refractivity contribution in [2.24, 2.45) is 10.7 Å². The van der Waals surface area contributed by atoms with Gasteiger partial charge in [0.1, 0.15) is 0 Å². The Hall–Kier alpha value is -7.01. The van der Waals surface area contributed by atoms with Crippen LogP contribution in [0.15, 0.2) is 215 Å². The van der Waals surface area contributed by atoms with Gasteiger partial charge < -0.3 is 5.73 Å². The van der Waals surface area contributed by atoms with Crippen molar-refractivity contribution in [2.45, 2.75) is 21.8 Å². The quantitative estimate of drug-likeness (QED) is 0.136. The molecule has 3 nitrogen and oxygen atoms in total. The Bertz CT molecular complexity index is 3080. The molecule has 0 saturated heterocycles. The smallest absolute Gasteiger partial charge is 0.0788 e. The Morgan fingerprint density at radius 3 is 1.98 bits per heavy atom. The summed E-state index contributed by atoms with van der Waals surface area (Å²) in [6.07, 6.45) is 2.00. The van der Waals surface area contributed by atoms with E-state index in [0.29, 0.717) is 12.2 Å². The van der Waals surface area contributed by atoms with Crippen molar-refractivity contribution in [3.8, 4) is 22.4 Å². The molecule has 2 heterocycles. The van der Waals surface area contributed by atoms with Crippen molar-refractivity contribution in [1.29, 1.82) is 0 Å². The van der Waals surface area contributed by atoms with Crippen LogP contribution in [0.4, 0.5) is 0 Å². The van der Waals surface area contributed by atoms with E-state index in [9.17, 15) is 0 Å². The van der Waals surface area contributed by atoms with E-state index in [0.717, 1.165) is 49.9 Å². The molecule has 11 rings (SSSR count). The van der Waals surface area contributed by atoms with Gasteiger partial charge in [0.25, 0.3) is 0 Å². The maximum atomic E-state index is 6.99. The first-order valence-electron chi connectivity index (χ1n) is 19.7. The molecule has 1 aromatic heterocycles. The van der Waals surface area contributed by atoms with Crippen LogP contribution in [0, 0.1) is 0 Å². The van der Waals surface area contributed by atoms with Crippen LogP contribution in [-0.2, 0) is 12.0 Å². The minimum Gasteiger partial charge on any atom is -0.398 e. The molecule has 0 amide bonds. The predicted molar refractivity (Wildman–Crippen MR) is 241 cm³/mol. The first-order valence-corrected chi connectivity index (χ1v) is 20.5. The number of aromatic nitrogens is 1. The van der Waals surface area contributed by atoms with E-state index in [4.69, 9.17) is 15.7 Å². The van der Waals surface area contributed by atoms with Gasteiger partial charge in [-0.25, -0.2) is 4.98 Å². The van der Waals surface area contributed by atoms with Gasteiger partial charge in [-0.05, 0) is 74.3 Å². The fourth-order valence-electron chi connectivity index (χ4n) is 9.23. The zero-order chi connectivity index (χ0) is 38.6. The van der Waals surface area contributed by atoms with Crippen LogP contribution in [0.1, 0.15) is 38.9 Å². The first-order chi connectivity index (χ1) is 28.7. The van der Waals surface area contributed by atoms with Crippen molar-refractivity contribution in [2.75, 3.05) is 0 Å². The highest BCUT2D eigenvalue weighted by molar-refractivity contribution is 7.99. The third-order valence-electron chi connectivity index (χ3n) is 11.8. The number of fused-ring (bicyclic) bond motifs is 13. The summed E-state index contributed by atoms with van der Waals surface area (Å²) in [6, 6.07) is 69.4. The zero-order valence-electron chi connectivity index (χ0n) is 31.6. The monoisotopic (exact) mass is 759 g/mol. The summed E-state index contributed by atoms with van der Waals surface area (Å²) in [5.74, 6) is 0. The summed E-state index contributed by atoms with van der Waals surface area (Å²) in [4.78, 5) is 13.0. The van der Waals surface area contributed by atoms with Gasteiger partial charge >= 0.3 is 0 Å².